The summed E-state index contributed by atoms with van der Waals surface area (Å²) in [6, 6.07) is 6.38. The summed E-state index contributed by atoms with van der Waals surface area (Å²) < 4.78 is 2.29. The van der Waals surface area contributed by atoms with Gasteiger partial charge in [0.15, 0.2) is 0 Å². The molecule has 20 heavy (non-hydrogen) atoms. The Labute approximate surface area is 124 Å². The van der Waals surface area contributed by atoms with Crippen LogP contribution >= 0.6 is 11.6 Å². The second kappa shape index (κ2) is 5.62. The lowest BCUT2D eigenvalue weighted by Gasteiger charge is -2.35. The van der Waals surface area contributed by atoms with Gasteiger partial charge < -0.3 is 9.91 Å². The highest BCUT2D eigenvalue weighted by Crippen LogP contribution is 2.21. The van der Waals surface area contributed by atoms with Gasteiger partial charge in [-0.25, -0.2) is 9.66 Å². The van der Waals surface area contributed by atoms with E-state index in [-0.39, 0.29) is 0 Å². The van der Waals surface area contributed by atoms with Gasteiger partial charge in [0, 0.05) is 38.5 Å². The molecule has 4 nitrogen and oxygen atoms in total. The first kappa shape index (κ1) is 13.7. The minimum absolute atomic E-state index is 0.607. The standard InChI is InChI=1S/C15H21ClN4/c1-12-4-3-5-13-15(12)17-14(6-7-16)20(13)19-10-8-18(2)9-11-19/h3-5H,6-11H2,1-2H3. The van der Waals surface area contributed by atoms with Crippen molar-refractivity contribution in [1.82, 2.24) is 14.6 Å². The fraction of sp³-hybridized carbons (Fsp3) is 0.533. The molecule has 1 fully saturated rings. The molecule has 0 atom stereocenters. The number of benzene rings is 1. The van der Waals surface area contributed by atoms with E-state index in [0.29, 0.717) is 5.88 Å². The van der Waals surface area contributed by atoms with Crippen molar-refractivity contribution >= 4 is 22.6 Å². The van der Waals surface area contributed by atoms with Gasteiger partial charge in [-0.05, 0) is 25.6 Å². The second-order valence-corrected chi connectivity index (χ2v) is 5.86. The Balaban J connectivity index is 2.07. The van der Waals surface area contributed by atoms with Gasteiger partial charge in [-0.2, -0.15) is 0 Å². The van der Waals surface area contributed by atoms with Gasteiger partial charge >= 0.3 is 0 Å². The van der Waals surface area contributed by atoms with Crippen molar-refractivity contribution in [1.29, 1.82) is 0 Å². The lowest BCUT2D eigenvalue weighted by atomic mass is 10.2. The van der Waals surface area contributed by atoms with Crippen molar-refractivity contribution in [2.75, 3.05) is 44.1 Å². The summed E-state index contributed by atoms with van der Waals surface area (Å²) in [5.74, 6) is 1.68. The van der Waals surface area contributed by atoms with Gasteiger partial charge in [0.05, 0.1) is 11.0 Å². The van der Waals surface area contributed by atoms with E-state index in [1.807, 2.05) is 0 Å². The molecule has 0 spiro atoms. The Bertz CT molecular complexity index is 599. The minimum atomic E-state index is 0.607. The predicted octanol–water partition coefficient (Wildman–Crippen LogP) is 2.01. The van der Waals surface area contributed by atoms with Gasteiger partial charge in [-0.3, -0.25) is 0 Å². The van der Waals surface area contributed by atoms with Crippen LogP contribution in [0.25, 0.3) is 11.0 Å². The lowest BCUT2D eigenvalue weighted by Crippen LogP contribution is -2.50. The van der Waals surface area contributed by atoms with Crippen LogP contribution in [0.5, 0.6) is 0 Å². The molecule has 0 saturated carbocycles. The number of alkyl halides is 1. The first-order valence-electron chi connectivity index (χ1n) is 7.17. The van der Waals surface area contributed by atoms with E-state index in [9.17, 15) is 0 Å². The molecule has 1 saturated heterocycles. The molecule has 2 aromatic rings. The van der Waals surface area contributed by atoms with E-state index >= 15 is 0 Å². The van der Waals surface area contributed by atoms with Crippen LogP contribution in [0, 0.1) is 6.92 Å². The van der Waals surface area contributed by atoms with Gasteiger partial charge in [0.1, 0.15) is 5.82 Å². The van der Waals surface area contributed by atoms with Crippen LogP contribution in [-0.2, 0) is 6.42 Å². The minimum Gasteiger partial charge on any atom is -0.308 e. The molecule has 2 heterocycles. The van der Waals surface area contributed by atoms with Crippen LogP contribution in [0.1, 0.15) is 11.4 Å². The molecule has 1 aliphatic heterocycles. The molecule has 0 radical (unpaired) electrons. The number of piperazine rings is 1. The van der Waals surface area contributed by atoms with Gasteiger partial charge in [-0.1, -0.05) is 12.1 Å². The first-order valence-corrected chi connectivity index (χ1v) is 7.71. The number of hydrogen-bond donors (Lipinski definition) is 0. The Morgan fingerprint density at radius 2 is 1.95 bits per heavy atom. The highest BCUT2D eigenvalue weighted by atomic mass is 35.5. The average molecular weight is 293 g/mol. The van der Waals surface area contributed by atoms with E-state index in [4.69, 9.17) is 16.6 Å². The Morgan fingerprint density at radius 1 is 1.20 bits per heavy atom. The van der Waals surface area contributed by atoms with Crippen LogP contribution in [-0.4, -0.2) is 53.7 Å². The molecule has 0 aliphatic carbocycles. The van der Waals surface area contributed by atoms with E-state index in [2.05, 4.69) is 46.8 Å². The van der Waals surface area contributed by atoms with Crippen LogP contribution in [0.4, 0.5) is 0 Å². The third-order valence-corrected chi connectivity index (χ3v) is 4.20. The maximum atomic E-state index is 5.96. The van der Waals surface area contributed by atoms with Crippen molar-refractivity contribution in [3.63, 3.8) is 0 Å². The van der Waals surface area contributed by atoms with E-state index in [1.54, 1.807) is 0 Å². The normalized spacial score (nSPS) is 17.1. The third kappa shape index (κ3) is 2.38. The molecule has 0 bridgehead atoms. The fourth-order valence-electron chi connectivity index (χ4n) is 2.83. The quantitative estimate of drug-likeness (QED) is 0.809. The molecular weight excluding hydrogens is 272 g/mol. The summed E-state index contributed by atoms with van der Waals surface area (Å²) in [6.07, 6.45) is 0.808. The summed E-state index contributed by atoms with van der Waals surface area (Å²) in [4.78, 5) is 7.18. The summed E-state index contributed by atoms with van der Waals surface area (Å²) in [5.41, 5.74) is 3.53. The predicted molar refractivity (Wildman–Crippen MR) is 84.3 cm³/mol. The highest BCUT2D eigenvalue weighted by molar-refractivity contribution is 6.17. The number of aryl methyl sites for hydroxylation is 2. The molecule has 1 aromatic heterocycles. The number of para-hydroxylation sites is 1. The number of imidazole rings is 1. The van der Waals surface area contributed by atoms with Crippen molar-refractivity contribution in [3.05, 3.63) is 29.6 Å². The zero-order valence-corrected chi connectivity index (χ0v) is 12.9. The van der Waals surface area contributed by atoms with Gasteiger partial charge in [0.25, 0.3) is 0 Å². The average Bonchev–Trinajstić information content (AvgIpc) is 2.80. The van der Waals surface area contributed by atoms with Crippen molar-refractivity contribution < 1.29 is 0 Å². The summed E-state index contributed by atoms with van der Waals surface area (Å²) in [7, 11) is 2.17. The SMILES string of the molecule is Cc1cccc2c1nc(CCCl)n2N1CCN(C)CC1. The largest absolute Gasteiger partial charge is 0.308 e. The second-order valence-electron chi connectivity index (χ2n) is 5.48. The molecule has 5 heteroatoms. The summed E-state index contributed by atoms with van der Waals surface area (Å²) >= 11 is 5.96. The van der Waals surface area contributed by atoms with Gasteiger partial charge in [-0.15, -0.1) is 11.6 Å². The van der Waals surface area contributed by atoms with E-state index < -0.39 is 0 Å². The molecule has 1 aromatic carbocycles. The van der Waals surface area contributed by atoms with Crippen molar-refractivity contribution in [2.45, 2.75) is 13.3 Å². The zero-order chi connectivity index (χ0) is 14.1. The van der Waals surface area contributed by atoms with Crippen molar-refractivity contribution in [2.24, 2.45) is 0 Å². The van der Waals surface area contributed by atoms with Crippen LogP contribution in [0.15, 0.2) is 18.2 Å². The van der Waals surface area contributed by atoms with Crippen LogP contribution < -0.4 is 5.01 Å². The Kier molecular flexibility index (Phi) is 3.85. The maximum absolute atomic E-state index is 5.96. The maximum Gasteiger partial charge on any atom is 0.130 e. The number of aromatic nitrogens is 2. The molecule has 108 valence electrons. The van der Waals surface area contributed by atoms with E-state index in [1.165, 1.54) is 11.1 Å². The van der Waals surface area contributed by atoms with Crippen LogP contribution in [0.2, 0.25) is 0 Å². The van der Waals surface area contributed by atoms with Crippen LogP contribution in [0.3, 0.4) is 0 Å². The number of fused-ring (bicyclic) bond motifs is 1. The third-order valence-electron chi connectivity index (χ3n) is 4.01. The Hall–Kier alpha value is -1.26. The fourth-order valence-corrected chi connectivity index (χ4v) is 3.00. The molecular formula is C15H21ClN4. The topological polar surface area (TPSA) is 24.3 Å². The molecule has 3 rings (SSSR count). The molecule has 0 amide bonds. The highest BCUT2D eigenvalue weighted by Gasteiger charge is 2.20. The van der Waals surface area contributed by atoms with Gasteiger partial charge in [0.2, 0.25) is 0 Å². The zero-order valence-electron chi connectivity index (χ0n) is 12.1. The number of halogens is 1. The summed E-state index contributed by atoms with van der Waals surface area (Å²) in [6.45, 7) is 6.36. The Morgan fingerprint density at radius 3 is 2.65 bits per heavy atom. The molecule has 1 aliphatic rings. The van der Waals surface area contributed by atoms with Crippen molar-refractivity contribution in [3.8, 4) is 0 Å². The van der Waals surface area contributed by atoms with E-state index in [0.717, 1.165) is 43.9 Å². The number of rotatable bonds is 3. The number of nitrogens with zero attached hydrogens (tertiary/aromatic N) is 4. The summed E-state index contributed by atoms with van der Waals surface area (Å²) in [5, 5.41) is 2.40. The molecule has 0 N–H and O–H groups in total. The first-order chi connectivity index (χ1) is 9.70. The molecule has 0 unspecified atom stereocenters. The smallest absolute Gasteiger partial charge is 0.130 e. The lowest BCUT2D eigenvalue weighted by molar-refractivity contribution is 0.287. The number of likely N-dealkylation sites (N-methyl/N-ethyl adjacent to an activating group) is 1. The monoisotopic (exact) mass is 292 g/mol. The number of hydrogen-bond acceptors (Lipinski definition) is 3.